The van der Waals surface area contributed by atoms with Gasteiger partial charge in [-0.05, 0) is 56.3 Å². The number of fused-ring (bicyclic) bond motifs is 1. The van der Waals surface area contributed by atoms with Gasteiger partial charge in [-0.25, -0.2) is 4.98 Å². The third-order valence-corrected chi connectivity index (χ3v) is 11.1. The van der Waals surface area contributed by atoms with Crippen molar-refractivity contribution in [2.24, 2.45) is 0 Å². The van der Waals surface area contributed by atoms with Gasteiger partial charge in [0.05, 0.1) is 29.0 Å². The first-order valence-corrected chi connectivity index (χ1v) is 19.2. The molecular weight excluding hydrogens is 713 g/mol. The molecule has 0 atom stereocenters. The Bertz CT molecular complexity index is 1760. The van der Waals surface area contributed by atoms with E-state index in [0.717, 1.165) is 79.0 Å². The molecule has 3 heterocycles. The van der Waals surface area contributed by atoms with Crippen molar-refractivity contribution >= 4 is 58.3 Å². The second kappa shape index (κ2) is 13.2. The average molecular weight is 749 g/mol. The lowest BCUT2D eigenvalue weighted by atomic mass is 10.0. The third-order valence-electron chi connectivity index (χ3n) is 8.40. The number of piperazine rings is 1. The van der Waals surface area contributed by atoms with Gasteiger partial charge in [0.25, 0.3) is 0 Å². The van der Waals surface area contributed by atoms with Crippen molar-refractivity contribution in [2.45, 2.75) is 23.8 Å². The second-order valence-electron chi connectivity index (χ2n) is 11.2. The summed E-state index contributed by atoms with van der Waals surface area (Å²) in [5.74, 6) is 1.39. The van der Waals surface area contributed by atoms with Crippen LogP contribution in [0.5, 0.6) is 5.75 Å². The van der Waals surface area contributed by atoms with Crippen molar-refractivity contribution in [3.05, 3.63) is 65.7 Å². The Morgan fingerprint density at radius 1 is 0.909 bits per heavy atom. The zero-order valence-corrected chi connectivity index (χ0v) is 28.6. The minimum absolute atomic E-state index is 0.179. The zero-order chi connectivity index (χ0) is 30.8. The molecule has 44 heavy (non-hydrogen) atoms. The van der Waals surface area contributed by atoms with Crippen LogP contribution in [-0.4, -0.2) is 87.7 Å². The van der Waals surface area contributed by atoms with Gasteiger partial charge in [-0.1, -0.05) is 29.8 Å². The van der Waals surface area contributed by atoms with Crippen molar-refractivity contribution in [2.75, 3.05) is 69.0 Å². The number of rotatable bonds is 8. The Balaban J connectivity index is 1.24. The number of para-hydroxylation sites is 2. The summed E-state index contributed by atoms with van der Waals surface area (Å²) in [6.07, 6.45) is 2.30. The van der Waals surface area contributed by atoms with E-state index in [1.54, 1.807) is 37.4 Å². The van der Waals surface area contributed by atoms with Crippen molar-refractivity contribution in [3.8, 4) is 5.75 Å². The lowest BCUT2D eigenvalue weighted by molar-refractivity contribution is -0.164. The summed E-state index contributed by atoms with van der Waals surface area (Å²) < 4.78 is 30.7. The SMILES string of the molecule is COc1cc(N2CCC(N3CCN(C)CC3)CC2)ccc1Nc1nc(Nc2ccccc2S(=O)(=O)[IH+])c2cccc(Cl)c2n1. The molecule has 3 aromatic carbocycles. The van der Waals surface area contributed by atoms with E-state index in [9.17, 15) is 8.42 Å². The monoisotopic (exact) mass is 748 g/mol. The summed E-state index contributed by atoms with van der Waals surface area (Å²) in [7, 11) is 0.379. The first-order valence-electron chi connectivity index (χ1n) is 14.6. The number of ether oxygens (including phenoxy) is 1. The lowest BCUT2D eigenvalue weighted by Gasteiger charge is -2.42. The van der Waals surface area contributed by atoms with Gasteiger partial charge in [0, 0.05) is 62.5 Å². The van der Waals surface area contributed by atoms with E-state index in [2.05, 4.69) is 38.4 Å². The minimum atomic E-state index is -3.47. The number of hydrogen-bond acceptors (Lipinski definition) is 10. The fourth-order valence-electron chi connectivity index (χ4n) is 5.96. The molecule has 2 saturated heterocycles. The summed E-state index contributed by atoms with van der Waals surface area (Å²) in [5, 5.41) is 7.63. The van der Waals surface area contributed by atoms with E-state index in [-0.39, 0.29) is 4.90 Å². The number of halogens is 2. The van der Waals surface area contributed by atoms with Crippen molar-refractivity contribution in [3.63, 3.8) is 0 Å². The molecule has 13 heteroatoms. The van der Waals surface area contributed by atoms with E-state index >= 15 is 0 Å². The number of likely N-dealkylation sites (N-methyl/N-ethyl adjacent to an activating group) is 1. The van der Waals surface area contributed by atoms with Crippen LogP contribution < -0.4 is 41.5 Å². The first-order chi connectivity index (χ1) is 21.2. The molecule has 2 N–H and O–H groups in total. The minimum Gasteiger partial charge on any atom is -0.494 e. The Hall–Kier alpha value is -2.91. The number of nitrogens with zero attached hydrogens (tertiary/aromatic N) is 5. The largest absolute Gasteiger partial charge is 0.494 e. The number of aromatic nitrogens is 2. The molecule has 0 unspecified atom stereocenters. The summed E-state index contributed by atoms with van der Waals surface area (Å²) in [6, 6.07) is 18.9. The molecule has 6 rings (SSSR count). The maximum absolute atomic E-state index is 12.5. The van der Waals surface area contributed by atoms with Gasteiger partial charge in [-0.2, -0.15) is 13.4 Å². The second-order valence-corrected chi connectivity index (χ2v) is 16.7. The Labute approximate surface area is 275 Å². The number of benzene rings is 3. The van der Waals surface area contributed by atoms with Crippen LogP contribution in [0.4, 0.5) is 28.8 Å². The molecule has 2 aliphatic rings. The van der Waals surface area contributed by atoms with Gasteiger partial charge in [-0.15, -0.1) is 0 Å². The predicted molar refractivity (Wildman–Crippen MR) is 173 cm³/mol. The van der Waals surface area contributed by atoms with Gasteiger partial charge in [-0.3, -0.25) is 4.90 Å². The van der Waals surface area contributed by atoms with Crippen LogP contribution in [0.15, 0.2) is 65.6 Å². The molecule has 0 bridgehead atoms. The third kappa shape index (κ3) is 6.84. The molecule has 10 nitrogen and oxygen atoms in total. The molecule has 4 aromatic rings. The number of anilines is 5. The normalized spacial score (nSPS) is 17.1. The molecule has 232 valence electrons. The van der Waals surface area contributed by atoms with E-state index in [4.69, 9.17) is 26.3 Å². The molecule has 0 aliphatic carbocycles. The van der Waals surface area contributed by atoms with E-state index in [0.29, 0.717) is 50.9 Å². The first kappa shape index (κ1) is 31.1. The Morgan fingerprint density at radius 2 is 1.66 bits per heavy atom. The van der Waals surface area contributed by atoms with Crippen LogP contribution >= 0.6 is 11.6 Å². The number of hydrogen-bond donors (Lipinski definition) is 2. The van der Waals surface area contributed by atoms with Gasteiger partial charge >= 0.3 is 28.2 Å². The molecule has 2 aliphatic heterocycles. The summed E-state index contributed by atoms with van der Waals surface area (Å²) in [6.45, 7) is 6.60. The van der Waals surface area contributed by atoms with Crippen LogP contribution in [0.25, 0.3) is 10.9 Å². The lowest BCUT2D eigenvalue weighted by Crippen LogP contribution is -3.36. The molecule has 2 fully saturated rings. The average Bonchev–Trinajstić information content (AvgIpc) is 3.02. The Kier molecular flexibility index (Phi) is 9.34. The highest BCUT2D eigenvalue weighted by molar-refractivity contribution is 7.84. The Morgan fingerprint density at radius 3 is 2.39 bits per heavy atom. The predicted octanol–water partition coefficient (Wildman–Crippen LogP) is 1.97. The fraction of sp³-hybridized carbons (Fsp3) is 0.355. The molecule has 0 spiro atoms. The highest BCUT2D eigenvalue weighted by Gasteiger charge is 2.27. The maximum Gasteiger partial charge on any atom is 0.404 e. The van der Waals surface area contributed by atoms with Crippen molar-refractivity contribution in [1.82, 2.24) is 19.8 Å². The summed E-state index contributed by atoms with van der Waals surface area (Å²) in [5.41, 5.74) is 2.78. The van der Waals surface area contributed by atoms with E-state index < -0.39 is 7.01 Å². The van der Waals surface area contributed by atoms with Crippen LogP contribution in [0.3, 0.4) is 0 Å². The van der Waals surface area contributed by atoms with Crippen LogP contribution in [0, 0.1) is 0 Å². The van der Waals surface area contributed by atoms with Crippen molar-refractivity contribution in [1.29, 1.82) is 0 Å². The fourth-order valence-corrected chi connectivity index (χ4v) is 8.06. The molecular formula is C31H36ClIN7O3S+. The van der Waals surface area contributed by atoms with Crippen molar-refractivity contribution < 1.29 is 34.4 Å². The quantitative estimate of drug-likeness (QED) is 0.206. The topological polar surface area (TPSA) is 103 Å². The van der Waals surface area contributed by atoms with Crippen LogP contribution in [0.2, 0.25) is 5.02 Å². The standard InChI is InChI=1S/C31H36ClIN7O3S/c1-38-16-18-40(19-17-38)21-12-14-39(15-13-21)22-10-11-25(27(20-22)43-2)35-31-36-29-23(6-5-7-24(29)32)30(37-31)34-26-8-3-4-9-28(26)44(33,41)42/h3-11,20-21,33H,12-19H2,1-2H3,(H2,34,35,36,37)/q+1. The van der Waals surface area contributed by atoms with Gasteiger partial charge in [0.2, 0.25) is 5.95 Å². The van der Waals surface area contributed by atoms with Crippen LogP contribution in [0.1, 0.15) is 12.8 Å². The maximum atomic E-state index is 12.5. The van der Waals surface area contributed by atoms with Gasteiger partial charge in [0.1, 0.15) is 16.5 Å². The summed E-state index contributed by atoms with van der Waals surface area (Å²) in [4.78, 5) is 17.1. The van der Waals surface area contributed by atoms with Gasteiger partial charge in [0.15, 0.2) is 0 Å². The highest BCUT2D eigenvalue weighted by Crippen LogP contribution is 2.36. The number of piperidine rings is 1. The van der Waals surface area contributed by atoms with Gasteiger partial charge < -0.3 is 25.2 Å². The van der Waals surface area contributed by atoms with Crippen LogP contribution in [-0.2, 0) is 7.01 Å². The zero-order valence-electron chi connectivity index (χ0n) is 24.7. The number of methoxy groups -OCH3 is 1. The summed E-state index contributed by atoms with van der Waals surface area (Å²) >= 11 is 7.66. The molecule has 0 amide bonds. The number of nitrogens with one attached hydrogen (secondary N) is 2. The van der Waals surface area contributed by atoms with E-state index in [1.165, 1.54) is 0 Å². The molecule has 0 saturated carbocycles. The smallest absolute Gasteiger partial charge is 0.404 e. The molecule has 1 aromatic heterocycles. The molecule has 0 radical (unpaired) electrons. The van der Waals surface area contributed by atoms with E-state index in [1.807, 2.05) is 24.3 Å². The highest BCUT2D eigenvalue weighted by atomic mass is 127.